The van der Waals surface area contributed by atoms with E-state index < -0.39 is 26.6 Å². The molecule has 1 aliphatic heterocycles. The van der Waals surface area contributed by atoms with Crippen LogP contribution in [0, 0.1) is 11.6 Å². The highest BCUT2D eigenvalue weighted by Gasteiger charge is 2.30. The quantitative estimate of drug-likeness (QED) is 0.217. The van der Waals surface area contributed by atoms with Crippen LogP contribution in [0.2, 0.25) is 0 Å². The summed E-state index contributed by atoms with van der Waals surface area (Å²) in [5.74, 6) is -1.79. The third-order valence-electron chi connectivity index (χ3n) is 6.31. The summed E-state index contributed by atoms with van der Waals surface area (Å²) in [5.41, 5.74) is 3.26. The molecule has 0 amide bonds. The number of carbonyl (C=O) groups excluding carboxylic acids is 1. The lowest BCUT2D eigenvalue weighted by Gasteiger charge is -2.26. The van der Waals surface area contributed by atoms with E-state index in [-0.39, 0.29) is 16.6 Å². The van der Waals surface area contributed by atoms with Crippen LogP contribution in [0.1, 0.15) is 5.56 Å². The lowest BCUT2D eigenvalue weighted by atomic mass is 10.1. The lowest BCUT2D eigenvalue weighted by Crippen LogP contribution is -2.35. The molecule has 0 radical (unpaired) electrons. The summed E-state index contributed by atoms with van der Waals surface area (Å²) in [6.45, 7) is 4.06. The average molecular weight is 582 g/mol. The molecule has 13 heteroatoms. The molecule has 1 fully saturated rings. The number of nitrogens with zero attached hydrogens (tertiary/aromatic N) is 4. The molecule has 1 N–H and O–H groups in total. The average Bonchev–Trinajstić information content (AvgIpc) is 2.97. The number of halogens is 2. The first kappa shape index (κ1) is 28.1. The van der Waals surface area contributed by atoms with E-state index in [1.54, 1.807) is 6.07 Å². The third-order valence-corrected chi connectivity index (χ3v) is 7.93. The Morgan fingerprint density at radius 3 is 2.39 bits per heavy atom. The largest absolute Gasteiger partial charge is 0.379 e. The van der Waals surface area contributed by atoms with Crippen molar-refractivity contribution in [3.05, 3.63) is 96.3 Å². The molecule has 41 heavy (non-hydrogen) atoms. The molecule has 1 saturated heterocycles. The van der Waals surface area contributed by atoms with Crippen LogP contribution in [0.4, 0.5) is 26.0 Å². The standard InChI is InChI=1S/C28H25F2N5O5S/c29-22-5-10-27(25(30)15-22)41(37,38)35(40-19-36)24-8-6-23(7-9-24)33-28-16-26(31-18-32-28)21-3-1-20(2-4-21)17-34-11-13-39-14-12-34/h1-10,15-16,18-19H,11-14,17H2,(H,31,32,33). The molecule has 0 bridgehead atoms. The number of anilines is 3. The van der Waals surface area contributed by atoms with Crippen LogP contribution in [-0.2, 0) is 30.9 Å². The van der Waals surface area contributed by atoms with Crippen molar-refractivity contribution in [2.45, 2.75) is 11.4 Å². The highest BCUT2D eigenvalue weighted by molar-refractivity contribution is 7.92. The van der Waals surface area contributed by atoms with Crippen molar-refractivity contribution in [2.24, 2.45) is 0 Å². The number of benzene rings is 3. The number of hydrogen-bond donors (Lipinski definition) is 1. The van der Waals surface area contributed by atoms with Crippen molar-refractivity contribution in [3.8, 4) is 11.3 Å². The molecule has 1 aliphatic rings. The van der Waals surface area contributed by atoms with Gasteiger partial charge in [-0.25, -0.2) is 18.7 Å². The van der Waals surface area contributed by atoms with Gasteiger partial charge in [-0.15, -0.1) is 0 Å². The van der Waals surface area contributed by atoms with E-state index in [4.69, 9.17) is 4.74 Å². The number of sulfonamides is 1. The Labute approximate surface area is 235 Å². The zero-order valence-electron chi connectivity index (χ0n) is 21.6. The second-order valence-electron chi connectivity index (χ2n) is 9.05. The number of ether oxygens (including phenoxy) is 1. The Balaban J connectivity index is 1.29. The molecule has 0 unspecified atom stereocenters. The second-order valence-corrected chi connectivity index (χ2v) is 10.8. The van der Waals surface area contributed by atoms with Crippen molar-refractivity contribution in [2.75, 3.05) is 36.1 Å². The minimum atomic E-state index is -4.69. The molecular weight excluding hydrogens is 556 g/mol. The minimum Gasteiger partial charge on any atom is -0.379 e. The van der Waals surface area contributed by atoms with E-state index in [0.29, 0.717) is 23.3 Å². The highest BCUT2D eigenvalue weighted by Crippen LogP contribution is 2.28. The Bertz CT molecular complexity index is 1620. The van der Waals surface area contributed by atoms with E-state index in [1.807, 2.05) is 12.1 Å². The fourth-order valence-electron chi connectivity index (χ4n) is 4.27. The molecule has 0 spiro atoms. The first-order valence-electron chi connectivity index (χ1n) is 12.5. The topological polar surface area (TPSA) is 114 Å². The molecule has 0 aliphatic carbocycles. The van der Waals surface area contributed by atoms with Gasteiger partial charge in [-0.1, -0.05) is 28.7 Å². The monoisotopic (exact) mass is 581 g/mol. The number of hydrogen-bond acceptors (Lipinski definition) is 9. The normalized spacial score (nSPS) is 13.9. The summed E-state index contributed by atoms with van der Waals surface area (Å²) in [6.07, 6.45) is 1.43. The number of carbonyl (C=O) groups is 1. The first-order chi connectivity index (χ1) is 19.8. The van der Waals surface area contributed by atoms with Crippen LogP contribution in [0.15, 0.2) is 84.0 Å². The lowest BCUT2D eigenvalue weighted by molar-refractivity contribution is -0.128. The van der Waals surface area contributed by atoms with Crippen LogP contribution in [0.25, 0.3) is 11.3 Å². The van der Waals surface area contributed by atoms with Crippen LogP contribution in [0.3, 0.4) is 0 Å². The van der Waals surface area contributed by atoms with Gasteiger partial charge in [-0.3, -0.25) is 9.69 Å². The summed E-state index contributed by atoms with van der Waals surface area (Å²) in [7, 11) is -4.69. The molecule has 5 rings (SSSR count). The van der Waals surface area contributed by atoms with Gasteiger partial charge in [0.05, 0.1) is 24.6 Å². The van der Waals surface area contributed by atoms with Gasteiger partial charge in [0, 0.05) is 43.0 Å². The van der Waals surface area contributed by atoms with Gasteiger partial charge in [-0.05, 0) is 42.0 Å². The van der Waals surface area contributed by atoms with Crippen LogP contribution in [0.5, 0.6) is 0 Å². The molecular formula is C28H25F2N5O5S. The fourth-order valence-corrected chi connectivity index (χ4v) is 5.54. The highest BCUT2D eigenvalue weighted by atomic mass is 32.2. The number of aromatic nitrogens is 2. The fraction of sp³-hybridized carbons (Fsp3) is 0.179. The van der Waals surface area contributed by atoms with Gasteiger partial charge in [-0.2, -0.15) is 8.42 Å². The Morgan fingerprint density at radius 2 is 1.71 bits per heavy atom. The smallest absolute Gasteiger partial charge is 0.322 e. The predicted molar refractivity (Wildman–Crippen MR) is 146 cm³/mol. The van der Waals surface area contributed by atoms with E-state index in [9.17, 15) is 22.0 Å². The van der Waals surface area contributed by atoms with Gasteiger partial charge in [0.25, 0.3) is 10.0 Å². The SMILES string of the molecule is O=CON(c1ccc(Nc2cc(-c3ccc(CN4CCOCC4)cc3)ncn2)cc1)S(=O)(=O)c1ccc(F)cc1F. The molecule has 0 saturated carbocycles. The number of rotatable bonds is 10. The maximum atomic E-state index is 14.2. The van der Waals surface area contributed by atoms with Gasteiger partial charge in [0.2, 0.25) is 0 Å². The maximum absolute atomic E-state index is 14.2. The zero-order chi connectivity index (χ0) is 28.8. The van der Waals surface area contributed by atoms with Crippen molar-refractivity contribution >= 4 is 33.7 Å². The summed E-state index contributed by atoms with van der Waals surface area (Å²) in [5, 5.41) is 3.11. The van der Waals surface area contributed by atoms with E-state index in [0.717, 1.165) is 50.5 Å². The van der Waals surface area contributed by atoms with Crippen molar-refractivity contribution in [1.82, 2.24) is 14.9 Å². The Hall–Kier alpha value is -4.46. The van der Waals surface area contributed by atoms with E-state index >= 15 is 0 Å². The summed E-state index contributed by atoms with van der Waals surface area (Å²) >= 11 is 0. The Morgan fingerprint density at radius 1 is 0.976 bits per heavy atom. The maximum Gasteiger partial charge on any atom is 0.322 e. The first-order valence-corrected chi connectivity index (χ1v) is 14.0. The van der Waals surface area contributed by atoms with Crippen molar-refractivity contribution < 1.29 is 31.6 Å². The summed E-state index contributed by atoms with van der Waals surface area (Å²) < 4.78 is 59.1. The zero-order valence-corrected chi connectivity index (χ0v) is 22.4. The molecule has 3 aromatic carbocycles. The summed E-state index contributed by atoms with van der Waals surface area (Å²) in [4.78, 5) is 25.8. The van der Waals surface area contributed by atoms with Crippen LogP contribution < -0.4 is 9.79 Å². The summed E-state index contributed by atoms with van der Waals surface area (Å²) in [6, 6.07) is 17.6. The van der Waals surface area contributed by atoms with Crippen LogP contribution in [-0.4, -0.2) is 56.1 Å². The van der Waals surface area contributed by atoms with Crippen molar-refractivity contribution in [1.29, 1.82) is 0 Å². The van der Waals surface area contributed by atoms with Crippen LogP contribution >= 0.6 is 0 Å². The van der Waals surface area contributed by atoms with E-state index in [1.165, 1.54) is 36.2 Å². The predicted octanol–water partition coefficient (Wildman–Crippen LogP) is 4.28. The third kappa shape index (κ3) is 6.65. The van der Waals surface area contributed by atoms with Gasteiger partial charge in [0.15, 0.2) is 0 Å². The minimum absolute atomic E-state index is 0.0908. The molecule has 10 nitrogen and oxygen atoms in total. The molecule has 2 heterocycles. The second kappa shape index (κ2) is 12.4. The van der Waals surface area contributed by atoms with Crippen molar-refractivity contribution in [3.63, 3.8) is 0 Å². The number of morpholine rings is 1. The molecule has 212 valence electrons. The Kier molecular flexibility index (Phi) is 8.47. The van der Waals surface area contributed by atoms with Gasteiger partial charge in [0.1, 0.15) is 28.7 Å². The molecule has 0 atom stereocenters. The number of nitrogens with one attached hydrogen (secondary N) is 1. The van der Waals surface area contributed by atoms with Gasteiger partial charge < -0.3 is 14.9 Å². The molecule has 1 aromatic heterocycles. The van der Waals surface area contributed by atoms with E-state index in [2.05, 4.69) is 37.2 Å². The van der Waals surface area contributed by atoms with Gasteiger partial charge >= 0.3 is 6.47 Å². The molecule has 4 aromatic rings.